The van der Waals surface area contributed by atoms with E-state index in [0.717, 1.165) is 63.6 Å². The zero-order valence-corrected chi connectivity index (χ0v) is 24.5. The van der Waals surface area contributed by atoms with Crippen molar-refractivity contribution < 1.29 is 14.6 Å². The Balaban J connectivity index is 1.82. The first kappa shape index (κ1) is 30.1. The molecule has 0 aliphatic heterocycles. The van der Waals surface area contributed by atoms with Crippen LogP contribution in [0.5, 0.6) is 0 Å². The molecule has 1 N–H and O–H groups in total. The molecule has 0 aromatic heterocycles. The van der Waals surface area contributed by atoms with Gasteiger partial charge in [0.1, 0.15) is 0 Å². The quantitative estimate of drug-likeness (QED) is 0.301. The van der Waals surface area contributed by atoms with Crippen LogP contribution in [0.4, 0.5) is 0 Å². The van der Waals surface area contributed by atoms with Crippen LogP contribution in [0.25, 0.3) is 0 Å². The van der Waals surface area contributed by atoms with Crippen LogP contribution >= 0.6 is 0 Å². The summed E-state index contributed by atoms with van der Waals surface area (Å²) in [4.78, 5) is 0. The molecule has 3 nitrogen and oxygen atoms in total. The molecule has 0 saturated heterocycles. The zero-order valence-electron chi connectivity index (χ0n) is 24.5. The minimum absolute atomic E-state index is 0.0749. The van der Waals surface area contributed by atoms with Crippen LogP contribution in [0.1, 0.15) is 139 Å². The van der Waals surface area contributed by atoms with Crippen molar-refractivity contribution >= 4 is 0 Å². The van der Waals surface area contributed by atoms with Gasteiger partial charge in [-0.05, 0) is 127 Å². The molecular weight excluding hydrogens is 420 g/mol. The molecule has 4 atom stereocenters. The molecule has 0 spiro atoms. The van der Waals surface area contributed by atoms with Crippen molar-refractivity contribution in [3.63, 3.8) is 0 Å². The molecule has 2 saturated carbocycles. The van der Waals surface area contributed by atoms with Crippen LogP contribution in [-0.2, 0) is 9.47 Å². The second-order valence-electron chi connectivity index (χ2n) is 14.0. The fraction of sp³-hybridized carbons (Fsp3) is 1.00. The summed E-state index contributed by atoms with van der Waals surface area (Å²) in [5.41, 5.74) is -0.288. The van der Waals surface area contributed by atoms with Crippen LogP contribution in [0.2, 0.25) is 0 Å². The molecule has 0 amide bonds. The fourth-order valence-corrected chi connectivity index (χ4v) is 6.49. The van der Waals surface area contributed by atoms with E-state index in [9.17, 15) is 5.11 Å². The average molecular weight is 481 g/mol. The van der Waals surface area contributed by atoms with E-state index in [1.165, 1.54) is 38.5 Å². The summed E-state index contributed by atoms with van der Waals surface area (Å²) < 4.78 is 13.3. The summed E-state index contributed by atoms with van der Waals surface area (Å²) in [5, 5.41) is 10.5. The predicted octanol–water partition coefficient (Wildman–Crippen LogP) is 8.57. The fourth-order valence-electron chi connectivity index (χ4n) is 6.49. The summed E-state index contributed by atoms with van der Waals surface area (Å²) >= 11 is 0. The van der Waals surface area contributed by atoms with Gasteiger partial charge in [0.2, 0.25) is 0 Å². The smallest absolute Gasteiger partial charge is 0.0679 e. The molecule has 2 aliphatic carbocycles. The lowest BCUT2D eigenvalue weighted by Crippen LogP contribution is -2.40. The summed E-state index contributed by atoms with van der Waals surface area (Å²) in [6.07, 6.45) is 14.2. The molecular formula is C31H60O3. The molecule has 0 aromatic rings. The highest BCUT2D eigenvalue weighted by Crippen LogP contribution is 2.42. The van der Waals surface area contributed by atoms with E-state index >= 15 is 0 Å². The van der Waals surface area contributed by atoms with Crippen LogP contribution in [0, 0.1) is 29.1 Å². The second-order valence-corrected chi connectivity index (χ2v) is 14.0. The van der Waals surface area contributed by atoms with Crippen LogP contribution in [-0.4, -0.2) is 35.1 Å². The lowest BCUT2D eigenvalue weighted by atomic mass is 9.70. The highest BCUT2D eigenvalue weighted by atomic mass is 16.5. The van der Waals surface area contributed by atoms with Crippen LogP contribution in [0.15, 0.2) is 0 Å². The van der Waals surface area contributed by atoms with Crippen molar-refractivity contribution in [2.75, 3.05) is 13.2 Å². The zero-order chi connectivity index (χ0) is 25.6. The van der Waals surface area contributed by atoms with Crippen molar-refractivity contribution in [3.05, 3.63) is 0 Å². The molecule has 0 heterocycles. The third-order valence-corrected chi connectivity index (χ3v) is 10.1. The van der Waals surface area contributed by atoms with Crippen molar-refractivity contribution in [2.45, 2.75) is 156 Å². The molecule has 34 heavy (non-hydrogen) atoms. The lowest BCUT2D eigenvalue weighted by Gasteiger charge is -2.40. The first-order chi connectivity index (χ1) is 15.7. The normalized spacial score (nSPS) is 30.9. The number of hydrogen-bond donors (Lipinski definition) is 1. The molecule has 0 bridgehead atoms. The SMILES string of the molecule is CCC(C)(CCOC(C)(CC)C1CCCC(C(C)(C)O)CC1)OCC1CCC(C(C)(C)C)CC1. The van der Waals surface area contributed by atoms with E-state index in [4.69, 9.17) is 9.47 Å². The van der Waals surface area contributed by atoms with Gasteiger partial charge >= 0.3 is 0 Å². The Labute approximate surface area is 213 Å². The summed E-state index contributed by atoms with van der Waals surface area (Å²) in [5.74, 6) is 2.58. The van der Waals surface area contributed by atoms with Gasteiger partial charge in [-0.3, -0.25) is 0 Å². The van der Waals surface area contributed by atoms with Gasteiger partial charge in [-0.25, -0.2) is 0 Å². The second kappa shape index (κ2) is 12.4. The average Bonchev–Trinajstić information content (AvgIpc) is 3.04. The van der Waals surface area contributed by atoms with E-state index < -0.39 is 5.60 Å². The van der Waals surface area contributed by atoms with Gasteiger partial charge in [0.15, 0.2) is 0 Å². The molecule has 3 heteroatoms. The third-order valence-electron chi connectivity index (χ3n) is 10.1. The van der Waals surface area contributed by atoms with Gasteiger partial charge in [-0.2, -0.15) is 0 Å². The summed E-state index contributed by atoms with van der Waals surface area (Å²) in [6.45, 7) is 22.0. The van der Waals surface area contributed by atoms with Gasteiger partial charge in [0.25, 0.3) is 0 Å². The molecule has 2 aliphatic rings. The number of rotatable bonds is 11. The van der Waals surface area contributed by atoms with Crippen LogP contribution < -0.4 is 0 Å². The van der Waals surface area contributed by atoms with E-state index in [1.807, 2.05) is 13.8 Å². The number of aliphatic hydroxyl groups is 1. The first-order valence-corrected chi connectivity index (χ1v) is 14.7. The molecule has 0 aromatic carbocycles. The predicted molar refractivity (Wildman–Crippen MR) is 145 cm³/mol. The third kappa shape index (κ3) is 8.77. The highest BCUT2D eigenvalue weighted by molar-refractivity contribution is 4.89. The molecule has 202 valence electrons. The monoisotopic (exact) mass is 480 g/mol. The Morgan fingerprint density at radius 3 is 1.76 bits per heavy atom. The number of hydrogen-bond acceptors (Lipinski definition) is 3. The number of ether oxygens (including phenoxy) is 2. The van der Waals surface area contributed by atoms with E-state index in [1.54, 1.807) is 0 Å². The van der Waals surface area contributed by atoms with E-state index in [-0.39, 0.29) is 11.2 Å². The highest BCUT2D eigenvalue weighted by Gasteiger charge is 2.38. The van der Waals surface area contributed by atoms with Gasteiger partial charge < -0.3 is 14.6 Å². The Bertz CT molecular complexity index is 580. The maximum Gasteiger partial charge on any atom is 0.0679 e. The largest absolute Gasteiger partial charge is 0.390 e. The molecule has 4 unspecified atom stereocenters. The molecule has 2 fully saturated rings. The van der Waals surface area contributed by atoms with E-state index in [0.29, 0.717) is 17.3 Å². The maximum absolute atomic E-state index is 10.5. The van der Waals surface area contributed by atoms with Crippen molar-refractivity contribution in [1.29, 1.82) is 0 Å². The summed E-state index contributed by atoms with van der Waals surface area (Å²) in [7, 11) is 0. The Morgan fingerprint density at radius 1 is 0.676 bits per heavy atom. The maximum atomic E-state index is 10.5. The van der Waals surface area contributed by atoms with Crippen LogP contribution in [0.3, 0.4) is 0 Å². The minimum atomic E-state index is -0.565. The van der Waals surface area contributed by atoms with Gasteiger partial charge in [-0.15, -0.1) is 0 Å². The van der Waals surface area contributed by atoms with E-state index in [2.05, 4.69) is 48.5 Å². The summed E-state index contributed by atoms with van der Waals surface area (Å²) in [6, 6.07) is 0. The topological polar surface area (TPSA) is 38.7 Å². The first-order valence-electron chi connectivity index (χ1n) is 14.7. The van der Waals surface area contributed by atoms with Gasteiger partial charge in [0.05, 0.1) is 30.0 Å². The lowest BCUT2D eigenvalue weighted by molar-refractivity contribution is -0.117. The standard InChI is InChI=1S/C31H60O3/c1-10-30(8,34-23-24-15-17-25(18-16-24)28(3,4)5)21-22-33-31(9,11-2)27-14-12-13-26(19-20-27)29(6,7)32/h24-27,32H,10-23H2,1-9H3. The Kier molecular flexibility index (Phi) is 11.0. The Hall–Kier alpha value is -0.120. The Morgan fingerprint density at radius 2 is 1.24 bits per heavy atom. The van der Waals surface area contributed by atoms with Crippen molar-refractivity contribution in [2.24, 2.45) is 29.1 Å². The van der Waals surface area contributed by atoms with Crippen molar-refractivity contribution in [3.8, 4) is 0 Å². The molecule has 2 rings (SSSR count). The molecule has 0 radical (unpaired) electrons. The van der Waals surface area contributed by atoms with Crippen molar-refractivity contribution in [1.82, 2.24) is 0 Å². The van der Waals surface area contributed by atoms with Gasteiger partial charge in [-0.1, -0.05) is 41.0 Å². The minimum Gasteiger partial charge on any atom is -0.390 e. The van der Waals surface area contributed by atoms with Gasteiger partial charge in [0, 0.05) is 0 Å².